The van der Waals surface area contributed by atoms with Crippen molar-refractivity contribution in [1.29, 1.82) is 0 Å². The van der Waals surface area contributed by atoms with Gasteiger partial charge in [-0.2, -0.15) is 0 Å². The lowest BCUT2D eigenvalue weighted by Gasteiger charge is -2.07. The molecule has 0 aliphatic carbocycles. The number of rotatable bonds is 4. The Morgan fingerprint density at radius 2 is 1.88 bits per heavy atom. The molecule has 0 radical (unpaired) electrons. The molecule has 0 fully saturated rings. The van der Waals surface area contributed by atoms with E-state index in [9.17, 15) is 14.4 Å². The van der Waals surface area contributed by atoms with Gasteiger partial charge < -0.3 is 15.0 Å². The highest BCUT2D eigenvalue weighted by Crippen LogP contribution is 2.18. The van der Waals surface area contributed by atoms with Gasteiger partial charge in [-0.1, -0.05) is 12.1 Å². The molecule has 1 amide bonds. The third-order valence-electron chi connectivity index (χ3n) is 3.00. The maximum atomic E-state index is 12.0. The van der Waals surface area contributed by atoms with Crippen LogP contribution in [0.3, 0.4) is 0 Å². The van der Waals surface area contributed by atoms with Gasteiger partial charge in [0, 0.05) is 18.7 Å². The maximum absolute atomic E-state index is 12.0. The summed E-state index contributed by atoms with van der Waals surface area (Å²) in [6, 6.07) is 8.06. The molecule has 0 bridgehead atoms. The third kappa shape index (κ3) is 4.50. The molecule has 0 spiro atoms. The van der Waals surface area contributed by atoms with E-state index in [4.69, 9.17) is 17.0 Å². The number of amides is 1. The Labute approximate surface area is 142 Å². The number of H-pyrrole nitrogens is 2. The van der Waals surface area contributed by atoms with E-state index in [1.54, 1.807) is 30.3 Å². The molecule has 1 aromatic carbocycles. The van der Waals surface area contributed by atoms with E-state index >= 15 is 0 Å². The average Bonchev–Trinajstić information content (AvgIpc) is 2.52. The lowest BCUT2D eigenvalue weighted by Crippen LogP contribution is -2.12. The fraction of sp³-hybridized carbons (Fsp3) is 0.125. The van der Waals surface area contributed by atoms with E-state index in [1.807, 2.05) is 0 Å². The summed E-state index contributed by atoms with van der Waals surface area (Å²) in [6.45, 7) is 1.42. The Morgan fingerprint density at radius 1 is 1.21 bits per heavy atom. The van der Waals surface area contributed by atoms with Crippen LogP contribution in [0.2, 0.25) is 0 Å². The summed E-state index contributed by atoms with van der Waals surface area (Å²) in [5.41, 5.74) is 1.30. The second-order valence-corrected chi connectivity index (χ2v) is 5.26. The number of hydrogen-bond donors (Lipinski definition) is 3. The van der Waals surface area contributed by atoms with Gasteiger partial charge in [0.05, 0.1) is 18.4 Å². The molecular formula is C16H15N3O4S. The van der Waals surface area contributed by atoms with E-state index < -0.39 is 11.5 Å². The summed E-state index contributed by atoms with van der Waals surface area (Å²) >= 11 is 4.92. The van der Waals surface area contributed by atoms with E-state index in [0.717, 1.165) is 0 Å². The highest BCUT2D eigenvalue weighted by atomic mass is 32.1. The van der Waals surface area contributed by atoms with Crippen molar-refractivity contribution in [2.75, 3.05) is 12.4 Å². The minimum Gasteiger partial charge on any atom is -0.465 e. The smallest absolute Gasteiger partial charge is 0.339 e. The summed E-state index contributed by atoms with van der Waals surface area (Å²) in [7, 11) is 1.25. The molecule has 1 aromatic heterocycles. The number of methoxy groups -OCH3 is 1. The fourth-order valence-corrected chi connectivity index (χ4v) is 2.21. The van der Waals surface area contributed by atoms with E-state index in [0.29, 0.717) is 11.3 Å². The van der Waals surface area contributed by atoms with Gasteiger partial charge in [0.15, 0.2) is 4.77 Å². The number of aromatic nitrogens is 2. The first-order chi connectivity index (χ1) is 11.4. The Hall–Kier alpha value is -3.00. The van der Waals surface area contributed by atoms with Crippen LogP contribution < -0.4 is 10.9 Å². The molecule has 24 heavy (non-hydrogen) atoms. The van der Waals surface area contributed by atoms with Crippen molar-refractivity contribution in [3.05, 3.63) is 56.7 Å². The number of carbonyl (C=O) groups is 2. The fourth-order valence-electron chi connectivity index (χ4n) is 2.00. The van der Waals surface area contributed by atoms with Crippen molar-refractivity contribution in [1.82, 2.24) is 9.97 Å². The Balaban J connectivity index is 2.46. The van der Waals surface area contributed by atoms with Gasteiger partial charge in [0.1, 0.15) is 0 Å². The number of esters is 1. The first-order valence-corrected chi connectivity index (χ1v) is 7.31. The van der Waals surface area contributed by atoms with Gasteiger partial charge in [-0.15, -0.1) is 0 Å². The molecule has 7 nitrogen and oxygen atoms in total. The molecule has 0 aliphatic rings. The molecule has 2 aromatic rings. The number of aromatic amines is 2. The van der Waals surface area contributed by atoms with Crippen LogP contribution in [0.5, 0.6) is 0 Å². The van der Waals surface area contributed by atoms with Crippen LogP contribution >= 0.6 is 12.2 Å². The summed E-state index contributed by atoms with van der Waals surface area (Å²) in [5.74, 6) is -0.790. The number of nitrogens with one attached hydrogen (secondary N) is 3. The highest BCUT2D eigenvalue weighted by molar-refractivity contribution is 7.71. The average molecular weight is 345 g/mol. The van der Waals surface area contributed by atoms with Crippen molar-refractivity contribution in [3.63, 3.8) is 0 Å². The van der Waals surface area contributed by atoms with Crippen molar-refractivity contribution < 1.29 is 14.3 Å². The molecule has 0 atom stereocenters. The van der Waals surface area contributed by atoms with Crippen LogP contribution in [0.25, 0.3) is 11.6 Å². The maximum Gasteiger partial charge on any atom is 0.339 e. The molecule has 3 N–H and O–H groups in total. The van der Waals surface area contributed by atoms with Crippen LogP contribution in [0, 0.1) is 4.77 Å². The van der Waals surface area contributed by atoms with Gasteiger partial charge in [-0.25, -0.2) is 4.79 Å². The van der Waals surface area contributed by atoms with Crippen molar-refractivity contribution >= 4 is 41.4 Å². The van der Waals surface area contributed by atoms with E-state index in [-0.39, 0.29) is 21.9 Å². The summed E-state index contributed by atoms with van der Waals surface area (Å²) < 4.78 is 4.87. The predicted octanol–water partition coefficient (Wildman–Crippen LogP) is 2.10. The Bertz CT molecular complexity index is 882. The molecule has 2 rings (SSSR count). The summed E-state index contributed by atoms with van der Waals surface area (Å²) in [4.78, 5) is 39.8. The third-order valence-corrected chi connectivity index (χ3v) is 3.20. The molecule has 1 heterocycles. The summed E-state index contributed by atoms with van der Waals surface area (Å²) in [6.07, 6.45) is 1.56. The lowest BCUT2D eigenvalue weighted by atomic mass is 10.1. The number of carbonyl (C=O) groups excluding carboxylic acids is 2. The van der Waals surface area contributed by atoms with Crippen LogP contribution in [0.15, 0.2) is 35.1 Å². The molecule has 0 unspecified atom stereocenters. The predicted molar refractivity (Wildman–Crippen MR) is 92.9 cm³/mol. The number of benzene rings is 1. The van der Waals surface area contributed by atoms with Gasteiger partial charge in [0.25, 0.3) is 5.56 Å². The van der Waals surface area contributed by atoms with Crippen LogP contribution in [-0.2, 0) is 14.3 Å². The zero-order valence-corrected chi connectivity index (χ0v) is 13.8. The van der Waals surface area contributed by atoms with Crippen LogP contribution in [0.4, 0.5) is 5.69 Å². The van der Waals surface area contributed by atoms with Crippen molar-refractivity contribution in [3.8, 4) is 0 Å². The minimum atomic E-state index is -0.614. The largest absolute Gasteiger partial charge is 0.465 e. The zero-order valence-electron chi connectivity index (χ0n) is 13.0. The summed E-state index contributed by atoms with van der Waals surface area (Å²) in [5, 5.41) is 2.65. The molecule has 0 saturated carbocycles. The first kappa shape index (κ1) is 17.4. The number of anilines is 1. The number of hydrogen-bond acceptors (Lipinski definition) is 5. The second kappa shape index (κ2) is 7.51. The quantitative estimate of drug-likeness (QED) is 0.447. The van der Waals surface area contributed by atoms with Crippen LogP contribution in [0.1, 0.15) is 18.2 Å². The highest BCUT2D eigenvalue weighted by Gasteiger charge is 2.14. The normalized spacial score (nSPS) is 11.0. The second-order valence-electron chi connectivity index (χ2n) is 4.85. The van der Waals surface area contributed by atoms with Gasteiger partial charge >= 0.3 is 5.97 Å². The lowest BCUT2D eigenvalue weighted by molar-refractivity contribution is -0.133. The monoisotopic (exact) mass is 345 g/mol. The topological polar surface area (TPSA) is 104 Å². The van der Waals surface area contributed by atoms with E-state index in [2.05, 4.69) is 15.3 Å². The molecular weight excluding hydrogens is 330 g/mol. The van der Waals surface area contributed by atoms with Crippen molar-refractivity contribution in [2.24, 2.45) is 0 Å². The molecule has 0 saturated heterocycles. The van der Waals surface area contributed by atoms with E-state index in [1.165, 1.54) is 20.1 Å². The van der Waals surface area contributed by atoms with Gasteiger partial charge in [-0.05, 0) is 36.0 Å². The zero-order chi connectivity index (χ0) is 17.7. The van der Waals surface area contributed by atoms with Crippen LogP contribution in [-0.4, -0.2) is 29.0 Å². The minimum absolute atomic E-state index is 0.105. The SMILES string of the molecule is COC(=O)/C(=C\c1ccc(NC(C)=O)cc1)c1cc(=O)[nH]c(=S)[nH]1. The van der Waals surface area contributed by atoms with Crippen molar-refractivity contribution in [2.45, 2.75) is 6.92 Å². The van der Waals surface area contributed by atoms with Gasteiger partial charge in [-0.3, -0.25) is 14.6 Å². The van der Waals surface area contributed by atoms with Gasteiger partial charge in [0.2, 0.25) is 5.91 Å². The molecule has 124 valence electrons. The molecule has 0 aliphatic heterocycles. The Kier molecular flexibility index (Phi) is 5.43. The molecule has 8 heteroatoms. The number of ether oxygens (including phenoxy) is 1. The first-order valence-electron chi connectivity index (χ1n) is 6.90. The Morgan fingerprint density at radius 3 is 2.42 bits per heavy atom. The standard InChI is InChI=1S/C16H15N3O4S/c1-9(20)17-11-5-3-10(4-6-11)7-12(15(22)23-2)13-8-14(21)19-16(24)18-13/h3-8H,1-2H3,(H,17,20)(H2,18,19,21,24)/b12-7-.